The van der Waals surface area contributed by atoms with E-state index in [2.05, 4.69) is 6.07 Å². The van der Waals surface area contributed by atoms with Crippen molar-refractivity contribution in [2.24, 2.45) is 0 Å². The Labute approximate surface area is 124 Å². The number of ether oxygens (including phenoxy) is 1. The molecule has 1 aromatic heterocycles. The minimum atomic E-state index is -0.249. The number of esters is 1. The second kappa shape index (κ2) is 4.53. The molecular weight excluding hydrogens is 284 g/mol. The summed E-state index contributed by atoms with van der Waals surface area (Å²) in [5.41, 5.74) is 3.70. The summed E-state index contributed by atoms with van der Waals surface area (Å²) >= 11 is 1.49. The molecule has 102 valence electrons. The molecule has 1 aliphatic rings. The molecule has 0 saturated carbocycles. The van der Waals surface area contributed by atoms with Crippen LogP contribution in [0.1, 0.15) is 25.6 Å². The van der Waals surface area contributed by atoms with Crippen molar-refractivity contribution < 1.29 is 14.3 Å². The second-order valence-corrected chi connectivity index (χ2v) is 6.08. The van der Waals surface area contributed by atoms with Crippen LogP contribution in [0.3, 0.4) is 0 Å². The highest BCUT2D eigenvalue weighted by molar-refractivity contribution is 7.20. The van der Waals surface area contributed by atoms with Crippen LogP contribution in [0.15, 0.2) is 42.5 Å². The summed E-state index contributed by atoms with van der Waals surface area (Å²) in [5.74, 6) is -0.249. The molecule has 3 nitrogen and oxygen atoms in total. The maximum atomic E-state index is 11.5. The molecule has 21 heavy (non-hydrogen) atoms. The van der Waals surface area contributed by atoms with Gasteiger partial charge in [-0.05, 0) is 40.8 Å². The molecule has 2 heterocycles. The van der Waals surface area contributed by atoms with Crippen molar-refractivity contribution in [1.29, 1.82) is 0 Å². The number of thiophene rings is 1. The minimum absolute atomic E-state index is 0.249. The third-order valence-electron chi connectivity index (χ3n) is 3.67. The van der Waals surface area contributed by atoms with Gasteiger partial charge in [0, 0.05) is 10.3 Å². The van der Waals surface area contributed by atoms with Crippen LogP contribution >= 0.6 is 11.3 Å². The largest absolute Gasteiger partial charge is 0.457 e. The highest BCUT2D eigenvalue weighted by atomic mass is 32.1. The second-order valence-electron chi connectivity index (χ2n) is 4.97. The first-order valence-corrected chi connectivity index (χ1v) is 7.35. The van der Waals surface area contributed by atoms with E-state index in [0.29, 0.717) is 12.2 Å². The van der Waals surface area contributed by atoms with Gasteiger partial charge in [-0.2, -0.15) is 0 Å². The van der Waals surface area contributed by atoms with Gasteiger partial charge in [-0.15, -0.1) is 11.3 Å². The number of cyclic esters (lactones) is 1. The molecule has 0 unspecified atom stereocenters. The van der Waals surface area contributed by atoms with Gasteiger partial charge < -0.3 is 4.74 Å². The van der Waals surface area contributed by atoms with Crippen molar-refractivity contribution in [3.05, 3.63) is 58.5 Å². The first-order chi connectivity index (χ1) is 10.2. The summed E-state index contributed by atoms with van der Waals surface area (Å²) in [5, 5.41) is 1.07. The van der Waals surface area contributed by atoms with Crippen molar-refractivity contribution in [3.8, 4) is 11.1 Å². The number of hydrogen-bond acceptors (Lipinski definition) is 4. The molecular formula is C17H10O3S. The van der Waals surface area contributed by atoms with Gasteiger partial charge in [-0.3, -0.25) is 4.79 Å². The number of carbonyl (C=O) groups excluding carboxylic acids is 2. The van der Waals surface area contributed by atoms with Gasteiger partial charge in [0.25, 0.3) is 0 Å². The third-order valence-corrected chi connectivity index (χ3v) is 4.70. The summed E-state index contributed by atoms with van der Waals surface area (Å²) in [6.07, 6.45) is 0.878. The average molecular weight is 294 g/mol. The normalized spacial score (nSPS) is 13.2. The number of benzene rings is 2. The molecule has 1 aliphatic heterocycles. The molecule has 0 aliphatic carbocycles. The summed E-state index contributed by atoms with van der Waals surface area (Å²) in [6.45, 7) is 0.346. The molecule has 0 radical (unpaired) electrons. The Morgan fingerprint density at radius 1 is 1.05 bits per heavy atom. The maximum absolute atomic E-state index is 11.5. The van der Waals surface area contributed by atoms with Crippen LogP contribution in [0, 0.1) is 0 Å². The highest BCUT2D eigenvalue weighted by Crippen LogP contribution is 2.32. The van der Waals surface area contributed by atoms with E-state index in [1.807, 2.05) is 36.4 Å². The Kier molecular flexibility index (Phi) is 2.65. The fourth-order valence-electron chi connectivity index (χ4n) is 2.60. The molecule has 0 amide bonds. The molecule has 3 aromatic rings. The first-order valence-electron chi connectivity index (χ1n) is 6.54. The summed E-state index contributed by atoms with van der Waals surface area (Å²) < 4.78 is 6.11. The molecule has 0 saturated heterocycles. The van der Waals surface area contributed by atoms with Crippen LogP contribution < -0.4 is 0 Å². The smallest absolute Gasteiger partial charge is 0.338 e. The van der Waals surface area contributed by atoms with Crippen molar-refractivity contribution in [3.63, 3.8) is 0 Å². The number of fused-ring (bicyclic) bond motifs is 2. The van der Waals surface area contributed by atoms with Crippen molar-refractivity contribution in [2.75, 3.05) is 0 Å². The fraction of sp³-hybridized carbons (Fsp3) is 0.0588. The van der Waals surface area contributed by atoms with Gasteiger partial charge in [0.15, 0.2) is 6.29 Å². The highest BCUT2D eigenvalue weighted by Gasteiger charge is 2.21. The monoisotopic (exact) mass is 294 g/mol. The molecule has 0 N–H and O–H groups in total. The minimum Gasteiger partial charge on any atom is -0.457 e. The lowest BCUT2D eigenvalue weighted by atomic mass is 10.00. The van der Waals surface area contributed by atoms with Gasteiger partial charge in [0.2, 0.25) is 0 Å². The van der Waals surface area contributed by atoms with E-state index >= 15 is 0 Å². The summed E-state index contributed by atoms with van der Waals surface area (Å²) in [6, 6.07) is 13.8. The summed E-state index contributed by atoms with van der Waals surface area (Å²) in [4.78, 5) is 23.1. The predicted octanol–water partition coefficient (Wildman–Crippen LogP) is 4.05. The van der Waals surface area contributed by atoms with E-state index in [-0.39, 0.29) is 5.97 Å². The Morgan fingerprint density at radius 3 is 2.71 bits per heavy atom. The van der Waals surface area contributed by atoms with E-state index in [0.717, 1.165) is 37.9 Å². The van der Waals surface area contributed by atoms with E-state index in [1.165, 1.54) is 11.3 Å². The van der Waals surface area contributed by atoms with Gasteiger partial charge >= 0.3 is 5.97 Å². The van der Waals surface area contributed by atoms with E-state index < -0.39 is 0 Å². The standard InChI is InChI=1S/C17H10O3S/c18-8-14-6-12-2-1-11(7-16(12)21-14)10-3-4-15-13(5-10)9-20-17(15)19/h1-8H,9H2. The Bertz CT molecular complexity index is 892. The summed E-state index contributed by atoms with van der Waals surface area (Å²) in [7, 11) is 0. The molecule has 0 atom stereocenters. The van der Waals surface area contributed by atoms with Crippen LogP contribution in [0.5, 0.6) is 0 Å². The van der Waals surface area contributed by atoms with Crippen LogP contribution in [0.2, 0.25) is 0 Å². The molecule has 0 spiro atoms. The van der Waals surface area contributed by atoms with Gasteiger partial charge in [-0.1, -0.05) is 18.2 Å². The Morgan fingerprint density at radius 2 is 1.86 bits per heavy atom. The van der Waals surface area contributed by atoms with Gasteiger partial charge in [-0.25, -0.2) is 4.79 Å². The maximum Gasteiger partial charge on any atom is 0.338 e. The average Bonchev–Trinajstić information content (AvgIpc) is 3.09. The predicted molar refractivity (Wildman–Crippen MR) is 81.8 cm³/mol. The number of aldehydes is 1. The molecule has 4 heteroatoms. The lowest BCUT2D eigenvalue weighted by Crippen LogP contribution is -1.92. The van der Waals surface area contributed by atoms with Crippen LogP contribution in [-0.4, -0.2) is 12.3 Å². The number of hydrogen-bond donors (Lipinski definition) is 0. The molecule has 2 aromatic carbocycles. The molecule has 4 rings (SSSR count). The Hall–Kier alpha value is -2.46. The van der Waals surface area contributed by atoms with Crippen LogP contribution in [-0.2, 0) is 11.3 Å². The number of rotatable bonds is 2. The number of carbonyl (C=O) groups is 2. The van der Waals surface area contributed by atoms with Gasteiger partial charge in [0.1, 0.15) is 6.61 Å². The molecule has 0 fully saturated rings. The third kappa shape index (κ3) is 1.96. The van der Waals surface area contributed by atoms with E-state index in [9.17, 15) is 9.59 Å². The van der Waals surface area contributed by atoms with E-state index in [1.54, 1.807) is 0 Å². The van der Waals surface area contributed by atoms with Crippen molar-refractivity contribution >= 4 is 33.7 Å². The lowest BCUT2D eigenvalue weighted by Gasteiger charge is -2.03. The fourth-order valence-corrected chi connectivity index (χ4v) is 3.52. The SMILES string of the molecule is O=Cc1cc2ccc(-c3ccc4c(c3)COC4=O)cc2s1. The van der Waals surface area contributed by atoms with Gasteiger partial charge in [0.05, 0.1) is 10.4 Å². The first kappa shape index (κ1) is 12.3. The quantitative estimate of drug-likeness (QED) is 0.529. The lowest BCUT2D eigenvalue weighted by molar-refractivity contribution is 0.0535. The Balaban J connectivity index is 1.82. The zero-order chi connectivity index (χ0) is 14.4. The van der Waals surface area contributed by atoms with Crippen LogP contribution in [0.4, 0.5) is 0 Å². The van der Waals surface area contributed by atoms with E-state index in [4.69, 9.17) is 4.74 Å². The molecule has 0 bridgehead atoms. The van der Waals surface area contributed by atoms with Crippen molar-refractivity contribution in [1.82, 2.24) is 0 Å². The zero-order valence-electron chi connectivity index (χ0n) is 11.0. The van der Waals surface area contributed by atoms with Crippen LogP contribution in [0.25, 0.3) is 21.2 Å². The zero-order valence-corrected chi connectivity index (χ0v) is 11.8. The topological polar surface area (TPSA) is 43.4 Å². The van der Waals surface area contributed by atoms with Crippen molar-refractivity contribution in [2.45, 2.75) is 6.61 Å².